The van der Waals surface area contributed by atoms with Gasteiger partial charge in [0, 0.05) is 25.1 Å². The van der Waals surface area contributed by atoms with E-state index in [-0.39, 0.29) is 0 Å². The average Bonchev–Trinajstić information content (AvgIpc) is 2.78. The minimum Gasteiger partial charge on any atom is -0.381 e. The monoisotopic (exact) mass is 311 g/mol. The molecule has 0 radical (unpaired) electrons. The predicted molar refractivity (Wildman–Crippen MR) is 84.0 cm³/mol. The van der Waals surface area contributed by atoms with Crippen molar-refractivity contribution in [3.05, 3.63) is 16.2 Å². The number of hydrogen-bond donors (Lipinski definition) is 0. The Labute approximate surface area is 127 Å². The van der Waals surface area contributed by atoms with Crippen molar-refractivity contribution in [1.82, 2.24) is 9.97 Å². The smallest absolute Gasteiger partial charge is 0.225 e. The van der Waals surface area contributed by atoms with Crippen LogP contribution in [0.3, 0.4) is 0 Å². The maximum absolute atomic E-state index is 6.05. The summed E-state index contributed by atoms with van der Waals surface area (Å²) in [7, 11) is 2.07. The summed E-state index contributed by atoms with van der Waals surface area (Å²) in [6.07, 6.45) is 2.37. The molecule has 1 aliphatic heterocycles. The molecule has 3 rings (SSSR count). The Morgan fingerprint density at radius 2 is 2.35 bits per heavy atom. The van der Waals surface area contributed by atoms with Gasteiger partial charge in [-0.3, -0.25) is 0 Å². The van der Waals surface area contributed by atoms with Crippen molar-refractivity contribution in [3.8, 4) is 0 Å². The fourth-order valence-corrected chi connectivity index (χ4v) is 3.81. The summed E-state index contributed by atoms with van der Waals surface area (Å²) in [5.41, 5.74) is 0. The van der Waals surface area contributed by atoms with Crippen LogP contribution in [0.15, 0.2) is 6.07 Å². The highest BCUT2D eigenvalue weighted by Crippen LogP contribution is 2.31. The summed E-state index contributed by atoms with van der Waals surface area (Å²) in [4.78, 5) is 13.1. The molecule has 4 nitrogen and oxygen atoms in total. The van der Waals surface area contributed by atoms with Gasteiger partial charge in [0.15, 0.2) is 0 Å². The SMILES string of the molecule is Cc1cc2c(N(C)CC3CCCOC3)nc(Cl)nc2s1. The molecule has 1 aliphatic rings. The number of hydrogen-bond acceptors (Lipinski definition) is 5. The topological polar surface area (TPSA) is 38.2 Å². The number of ether oxygens (including phenoxy) is 1. The first-order valence-corrected chi connectivity index (χ1v) is 8.05. The molecule has 1 fully saturated rings. The molecule has 2 aromatic heterocycles. The van der Waals surface area contributed by atoms with Gasteiger partial charge in [0.25, 0.3) is 0 Å². The Hall–Kier alpha value is -0.910. The van der Waals surface area contributed by atoms with Crippen LogP contribution in [0.2, 0.25) is 5.28 Å². The van der Waals surface area contributed by atoms with Gasteiger partial charge in [-0.1, -0.05) is 0 Å². The Kier molecular flexibility index (Phi) is 4.10. The molecule has 20 heavy (non-hydrogen) atoms. The lowest BCUT2D eigenvalue weighted by molar-refractivity contribution is 0.0576. The summed E-state index contributed by atoms with van der Waals surface area (Å²) < 4.78 is 5.55. The van der Waals surface area contributed by atoms with Crippen LogP contribution >= 0.6 is 22.9 Å². The van der Waals surface area contributed by atoms with E-state index in [4.69, 9.17) is 16.3 Å². The predicted octanol–water partition coefficient (Wildman–Crippen LogP) is 3.52. The molecular weight excluding hydrogens is 294 g/mol. The van der Waals surface area contributed by atoms with Gasteiger partial charge in [0.2, 0.25) is 5.28 Å². The zero-order valence-corrected chi connectivity index (χ0v) is 13.3. The first-order chi connectivity index (χ1) is 9.63. The van der Waals surface area contributed by atoms with E-state index in [1.165, 1.54) is 11.3 Å². The number of halogens is 1. The second-order valence-corrected chi connectivity index (χ2v) is 6.93. The summed E-state index contributed by atoms with van der Waals surface area (Å²) in [5.74, 6) is 1.49. The first-order valence-electron chi connectivity index (χ1n) is 6.86. The fourth-order valence-electron chi connectivity index (χ4n) is 2.72. The number of anilines is 1. The summed E-state index contributed by atoms with van der Waals surface area (Å²) in [6, 6.07) is 2.14. The van der Waals surface area contributed by atoms with E-state index in [1.54, 1.807) is 11.3 Å². The highest BCUT2D eigenvalue weighted by molar-refractivity contribution is 7.18. The molecule has 0 bridgehead atoms. The van der Waals surface area contributed by atoms with Crippen molar-refractivity contribution in [2.75, 3.05) is 31.7 Å². The van der Waals surface area contributed by atoms with E-state index >= 15 is 0 Å². The highest BCUT2D eigenvalue weighted by atomic mass is 35.5. The van der Waals surface area contributed by atoms with Crippen LogP contribution in [0.5, 0.6) is 0 Å². The van der Waals surface area contributed by atoms with Crippen LogP contribution in [0.4, 0.5) is 5.82 Å². The van der Waals surface area contributed by atoms with Crippen LogP contribution in [0, 0.1) is 12.8 Å². The molecule has 0 aromatic carbocycles. The van der Waals surface area contributed by atoms with Gasteiger partial charge in [-0.15, -0.1) is 11.3 Å². The number of aromatic nitrogens is 2. The van der Waals surface area contributed by atoms with E-state index in [1.807, 2.05) is 0 Å². The third kappa shape index (κ3) is 2.90. The molecule has 6 heteroatoms. The van der Waals surface area contributed by atoms with E-state index in [9.17, 15) is 0 Å². The van der Waals surface area contributed by atoms with E-state index in [0.717, 1.165) is 42.2 Å². The number of rotatable bonds is 3. The van der Waals surface area contributed by atoms with E-state index in [2.05, 4.69) is 34.9 Å². The molecule has 1 unspecified atom stereocenters. The Balaban J connectivity index is 1.87. The maximum Gasteiger partial charge on any atom is 0.225 e. The Bertz CT molecular complexity index is 610. The molecule has 2 aromatic rings. The number of thiophene rings is 1. The first kappa shape index (κ1) is 14.0. The van der Waals surface area contributed by atoms with Crippen LogP contribution in [-0.2, 0) is 4.74 Å². The van der Waals surface area contributed by atoms with E-state index in [0.29, 0.717) is 11.2 Å². The third-order valence-electron chi connectivity index (χ3n) is 3.62. The lowest BCUT2D eigenvalue weighted by atomic mass is 10.0. The van der Waals surface area contributed by atoms with Crippen molar-refractivity contribution in [2.45, 2.75) is 19.8 Å². The quantitative estimate of drug-likeness (QED) is 0.813. The molecule has 1 atom stereocenters. The average molecular weight is 312 g/mol. The van der Waals surface area contributed by atoms with Crippen molar-refractivity contribution in [3.63, 3.8) is 0 Å². The molecular formula is C14H18ClN3OS. The van der Waals surface area contributed by atoms with Crippen LogP contribution in [0.25, 0.3) is 10.2 Å². The van der Waals surface area contributed by atoms with Gasteiger partial charge in [-0.25, -0.2) is 4.98 Å². The van der Waals surface area contributed by atoms with Crippen molar-refractivity contribution < 1.29 is 4.74 Å². The standard InChI is InChI=1S/C14H18ClN3OS/c1-9-6-11-12(16-14(15)17-13(11)20-9)18(2)7-10-4-3-5-19-8-10/h6,10H,3-5,7-8H2,1-2H3. The molecule has 0 N–H and O–H groups in total. The number of aryl methyl sites for hydroxylation is 1. The number of nitrogens with zero attached hydrogens (tertiary/aromatic N) is 3. The lowest BCUT2D eigenvalue weighted by Gasteiger charge is -2.28. The second kappa shape index (κ2) is 5.84. The summed E-state index contributed by atoms with van der Waals surface area (Å²) >= 11 is 7.71. The molecule has 1 saturated heterocycles. The zero-order valence-electron chi connectivity index (χ0n) is 11.7. The van der Waals surface area contributed by atoms with Gasteiger partial charge in [-0.05, 0) is 43.4 Å². The van der Waals surface area contributed by atoms with Gasteiger partial charge < -0.3 is 9.64 Å². The summed E-state index contributed by atoms with van der Waals surface area (Å²) in [6.45, 7) is 4.76. The summed E-state index contributed by atoms with van der Waals surface area (Å²) in [5, 5.41) is 1.41. The minimum absolute atomic E-state index is 0.320. The van der Waals surface area contributed by atoms with Crippen molar-refractivity contribution in [1.29, 1.82) is 0 Å². The van der Waals surface area contributed by atoms with Gasteiger partial charge in [0.1, 0.15) is 10.6 Å². The van der Waals surface area contributed by atoms with Crippen LogP contribution in [0.1, 0.15) is 17.7 Å². The van der Waals surface area contributed by atoms with E-state index < -0.39 is 0 Å². The van der Waals surface area contributed by atoms with Gasteiger partial charge in [-0.2, -0.15) is 4.98 Å². The Morgan fingerprint density at radius 3 is 3.10 bits per heavy atom. The highest BCUT2D eigenvalue weighted by Gasteiger charge is 2.19. The third-order valence-corrected chi connectivity index (χ3v) is 4.73. The second-order valence-electron chi connectivity index (χ2n) is 5.36. The van der Waals surface area contributed by atoms with Crippen LogP contribution < -0.4 is 4.90 Å². The molecule has 108 valence electrons. The zero-order chi connectivity index (χ0) is 14.1. The maximum atomic E-state index is 6.05. The minimum atomic E-state index is 0.320. The largest absolute Gasteiger partial charge is 0.381 e. The fraction of sp³-hybridized carbons (Fsp3) is 0.571. The Morgan fingerprint density at radius 1 is 1.50 bits per heavy atom. The molecule has 0 saturated carbocycles. The van der Waals surface area contributed by atoms with Gasteiger partial charge in [0.05, 0.1) is 12.0 Å². The normalized spacial score (nSPS) is 19.4. The van der Waals surface area contributed by atoms with Crippen LogP contribution in [-0.4, -0.2) is 36.8 Å². The lowest BCUT2D eigenvalue weighted by Crippen LogP contribution is -2.31. The van der Waals surface area contributed by atoms with Crippen molar-refractivity contribution in [2.24, 2.45) is 5.92 Å². The molecule has 0 spiro atoms. The molecule has 0 aliphatic carbocycles. The molecule has 3 heterocycles. The van der Waals surface area contributed by atoms with Crippen molar-refractivity contribution >= 4 is 39.0 Å². The number of fused-ring (bicyclic) bond motifs is 1. The van der Waals surface area contributed by atoms with Gasteiger partial charge >= 0.3 is 0 Å². The molecule has 0 amide bonds.